The number of hydrogen-bond donors (Lipinski definition) is 0. The summed E-state index contributed by atoms with van der Waals surface area (Å²) in [6, 6.07) is 0. The molecule has 0 N–H and O–H groups in total. The lowest BCUT2D eigenvalue weighted by Gasteiger charge is -1.90. The second-order valence-corrected chi connectivity index (χ2v) is 3.41. The predicted molar refractivity (Wildman–Crippen MR) is 62.7 cm³/mol. The van der Waals surface area contributed by atoms with Gasteiger partial charge in [0.25, 0.3) is 0 Å². The molecule has 0 spiro atoms. The van der Waals surface area contributed by atoms with Crippen molar-refractivity contribution in [3.8, 4) is 0 Å². The minimum atomic E-state index is 0.141. The molecule has 84 valence electrons. The Kier molecular flexibility index (Phi) is 10.0. The fourth-order valence-electron chi connectivity index (χ4n) is 1.09. The van der Waals surface area contributed by atoms with Gasteiger partial charge in [0, 0.05) is 12.8 Å². The Morgan fingerprint density at radius 3 is 2.40 bits per heavy atom. The van der Waals surface area contributed by atoms with E-state index in [0.717, 1.165) is 25.5 Å². The highest BCUT2D eigenvalue weighted by atomic mass is 16.1. The van der Waals surface area contributed by atoms with Gasteiger partial charge >= 0.3 is 0 Å². The number of aldehydes is 1. The third-order valence-electron chi connectivity index (χ3n) is 1.93. The number of unbranched alkanes of at least 4 members (excludes halogenated alkanes) is 2. The van der Waals surface area contributed by atoms with Gasteiger partial charge in [0.1, 0.15) is 6.29 Å². The lowest BCUT2D eigenvalue weighted by atomic mass is 10.1. The van der Waals surface area contributed by atoms with Gasteiger partial charge in [-0.05, 0) is 25.3 Å². The Morgan fingerprint density at radius 2 is 1.73 bits per heavy atom. The van der Waals surface area contributed by atoms with Gasteiger partial charge < -0.3 is 4.79 Å². The van der Waals surface area contributed by atoms with Crippen LogP contribution in [0.1, 0.15) is 45.4 Å². The van der Waals surface area contributed by atoms with E-state index in [2.05, 4.69) is 19.1 Å². The molecule has 2 nitrogen and oxygen atoms in total. The molecule has 0 aliphatic rings. The molecular weight excluding hydrogens is 188 g/mol. The summed E-state index contributed by atoms with van der Waals surface area (Å²) >= 11 is 0. The lowest BCUT2D eigenvalue weighted by molar-refractivity contribution is -0.114. The van der Waals surface area contributed by atoms with Crippen molar-refractivity contribution >= 4 is 12.1 Å². The van der Waals surface area contributed by atoms with Gasteiger partial charge in [0.15, 0.2) is 5.78 Å². The Balaban J connectivity index is 3.48. The molecule has 0 aliphatic heterocycles. The van der Waals surface area contributed by atoms with Gasteiger partial charge in [-0.3, -0.25) is 4.79 Å². The van der Waals surface area contributed by atoms with Crippen molar-refractivity contribution in [2.45, 2.75) is 45.4 Å². The molecule has 0 saturated carbocycles. The molecule has 0 fully saturated rings. The molecule has 0 rings (SSSR count). The normalized spacial score (nSPS) is 11.3. The monoisotopic (exact) mass is 208 g/mol. The summed E-state index contributed by atoms with van der Waals surface area (Å²) in [5.41, 5.74) is 0. The highest BCUT2D eigenvalue weighted by Gasteiger charge is 1.93. The van der Waals surface area contributed by atoms with Crippen LogP contribution < -0.4 is 0 Å². The molecule has 0 radical (unpaired) electrons. The quantitative estimate of drug-likeness (QED) is 0.252. The van der Waals surface area contributed by atoms with Crippen LogP contribution in [0.4, 0.5) is 0 Å². The van der Waals surface area contributed by atoms with Crippen molar-refractivity contribution in [2.24, 2.45) is 0 Å². The summed E-state index contributed by atoms with van der Waals surface area (Å²) in [7, 11) is 0. The fraction of sp³-hybridized carbons (Fsp3) is 0.538. The van der Waals surface area contributed by atoms with Crippen LogP contribution in [0.25, 0.3) is 0 Å². The van der Waals surface area contributed by atoms with E-state index >= 15 is 0 Å². The third-order valence-corrected chi connectivity index (χ3v) is 1.93. The topological polar surface area (TPSA) is 34.1 Å². The second-order valence-electron chi connectivity index (χ2n) is 3.41. The van der Waals surface area contributed by atoms with Gasteiger partial charge in [-0.15, -0.1) is 0 Å². The van der Waals surface area contributed by atoms with Crippen molar-refractivity contribution in [2.75, 3.05) is 0 Å². The summed E-state index contributed by atoms with van der Waals surface area (Å²) < 4.78 is 0. The maximum atomic E-state index is 11.2. The first kappa shape index (κ1) is 13.8. The van der Waals surface area contributed by atoms with Gasteiger partial charge in [-0.2, -0.15) is 0 Å². The van der Waals surface area contributed by atoms with Crippen LogP contribution in [0, 0.1) is 0 Å². The van der Waals surface area contributed by atoms with Gasteiger partial charge in [-0.25, -0.2) is 0 Å². The second kappa shape index (κ2) is 10.9. The van der Waals surface area contributed by atoms with Gasteiger partial charge in [0.05, 0.1) is 0 Å². The van der Waals surface area contributed by atoms with Gasteiger partial charge in [-0.1, -0.05) is 31.6 Å². The summed E-state index contributed by atoms with van der Waals surface area (Å²) in [4.78, 5) is 21.2. The van der Waals surface area contributed by atoms with E-state index in [1.807, 2.05) is 0 Å². The SMILES string of the molecule is CCC/C=C\CCC(=O)/C=C/CCC=O. The third kappa shape index (κ3) is 10.7. The summed E-state index contributed by atoms with van der Waals surface area (Å²) in [6.07, 6.45) is 13.2. The number of hydrogen-bond acceptors (Lipinski definition) is 2. The highest BCUT2D eigenvalue weighted by molar-refractivity contribution is 5.89. The van der Waals surface area contributed by atoms with Crippen molar-refractivity contribution in [3.63, 3.8) is 0 Å². The van der Waals surface area contributed by atoms with Gasteiger partial charge in [0.2, 0.25) is 0 Å². The minimum absolute atomic E-state index is 0.141. The summed E-state index contributed by atoms with van der Waals surface area (Å²) in [6.45, 7) is 2.13. The average molecular weight is 208 g/mol. The van der Waals surface area contributed by atoms with E-state index in [0.29, 0.717) is 19.3 Å². The Labute approximate surface area is 92.1 Å². The molecule has 0 saturated heterocycles. The van der Waals surface area contributed by atoms with Crippen LogP contribution in [0.2, 0.25) is 0 Å². The lowest BCUT2D eigenvalue weighted by Crippen LogP contribution is -1.90. The number of rotatable bonds is 9. The maximum Gasteiger partial charge on any atom is 0.155 e. The van der Waals surface area contributed by atoms with Crippen LogP contribution >= 0.6 is 0 Å². The van der Waals surface area contributed by atoms with Crippen LogP contribution in [-0.4, -0.2) is 12.1 Å². The van der Waals surface area contributed by atoms with Crippen molar-refractivity contribution in [1.82, 2.24) is 0 Å². The predicted octanol–water partition coefficient (Wildman–Crippen LogP) is 3.23. The Bertz CT molecular complexity index is 227. The zero-order valence-corrected chi connectivity index (χ0v) is 9.45. The molecule has 0 bridgehead atoms. The van der Waals surface area contributed by atoms with E-state index < -0.39 is 0 Å². The standard InChI is InChI=1S/C13H20O2/c1-2-3-4-5-7-10-13(15)11-8-6-9-12-14/h4-5,8,11-12H,2-3,6-7,9-10H2,1H3/b5-4-,11-8+. The zero-order chi connectivity index (χ0) is 11.4. The number of carbonyl (C=O) groups is 2. The van der Waals surface area contributed by atoms with Crippen molar-refractivity contribution in [3.05, 3.63) is 24.3 Å². The van der Waals surface area contributed by atoms with Crippen molar-refractivity contribution < 1.29 is 9.59 Å². The molecule has 0 aromatic carbocycles. The highest BCUT2D eigenvalue weighted by Crippen LogP contribution is 1.98. The van der Waals surface area contributed by atoms with Crippen molar-refractivity contribution in [1.29, 1.82) is 0 Å². The van der Waals surface area contributed by atoms with E-state index in [9.17, 15) is 9.59 Å². The van der Waals surface area contributed by atoms with Crippen LogP contribution in [-0.2, 0) is 9.59 Å². The zero-order valence-electron chi connectivity index (χ0n) is 9.45. The first-order chi connectivity index (χ1) is 7.31. The molecular formula is C13H20O2. The molecule has 15 heavy (non-hydrogen) atoms. The first-order valence-corrected chi connectivity index (χ1v) is 5.59. The largest absolute Gasteiger partial charge is 0.303 e. The minimum Gasteiger partial charge on any atom is -0.303 e. The summed E-state index contributed by atoms with van der Waals surface area (Å²) in [5, 5.41) is 0. The van der Waals surface area contributed by atoms with E-state index in [1.54, 1.807) is 12.2 Å². The van der Waals surface area contributed by atoms with Crippen LogP contribution in [0.15, 0.2) is 24.3 Å². The maximum absolute atomic E-state index is 11.2. The molecule has 0 aromatic rings. The van der Waals surface area contributed by atoms with E-state index in [-0.39, 0.29) is 5.78 Å². The molecule has 2 heteroatoms. The van der Waals surface area contributed by atoms with Crippen LogP contribution in [0.5, 0.6) is 0 Å². The molecule has 0 aliphatic carbocycles. The Morgan fingerprint density at radius 1 is 1.00 bits per heavy atom. The molecule has 0 atom stereocenters. The number of carbonyl (C=O) groups excluding carboxylic acids is 2. The van der Waals surface area contributed by atoms with Crippen LogP contribution in [0.3, 0.4) is 0 Å². The first-order valence-electron chi connectivity index (χ1n) is 5.59. The smallest absolute Gasteiger partial charge is 0.155 e. The Hall–Kier alpha value is -1.18. The number of ketones is 1. The molecule has 0 heterocycles. The average Bonchev–Trinajstić information content (AvgIpc) is 2.24. The fourth-order valence-corrected chi connectivity index (χ4v) is 1.09. The molecule has 0 amide bonds. The summed E-state index contributed by atoms with van der Waals surface area (Å²) in [5.74, 6) is 0.141. The van der Waals surface area contributed by atoms with E-state index in [1.165, 1.54) is 0 Å². The number of allylic oxidation sites excluding steroid dienone is 4. The van der Waals surface area contributed by atoms with E-state index in [4.69, 9.17) is 0 Å². The molecule has 0 unspecified atom stereocenters. The molecule has 0 aromatic heterocycles.